The van der Waals surface area contributed by atoms with Gasteiger partial charge in [-0.1, -0.05) is 0 Å². The Balaban J connectivity index is 2.40. The molecule has 104 valence electrons. The molecule has 1 atom stereocenters. The van der Waals surface area contributed by atoms with E-state index in [-0.39, 0.29) is 35.0 Å². The molecule has 0 saturated carbocycles. The molecule has 6 heteroatoms. The lowest BCUT2D eigenvalue weighted by molar-refractivity contribution is 0.0334. The van der Waals surface area contributed by atoms with E-state index < -0.39 is 11.4 Å². The number of fused-ring (bicyclic) bond motifs is 2. The van der Waals surface area contributed by atoms with Gasteiger partial charge in [-0.15, -0.1) is 0 Å². The number of hydrogen-bond donors (Lipinski definition) is 2. The van der Waals surface area contributed by atoms with Gasteiger partial charge in [0.05, 0.1) is 29.2 Å². The second-order valence-electron chi connectivity index (χ2n) is 4.83. The third kappa shape index (κ3) is 1.85. The number of rotatable bonds is 1. The highest BCUT2D eigenvalue weighted by atomic mass is 16.5. The molecule has 0 bridgehead atoms. The van der Waals surface area contributed by atoms with Gasteiger partial charge in [-0.3, -0.25) is 4.79 Å². The zero-order valence-corrected chi connectivity index (χ0v) is 10.7. The highest BCUT2D eigenvalue weighted by Gasteiger charge is 2.25. The maximum Gasteiger partial charge on any atom is 0.336 e. The number of aromatic hydroxyl groups is 1. The number of benzene rings is 1. The van der Waals surface area contributed by atoms with E-state index in [1.807, 2.05) is 6.92 Å². The van der Waals surface area contributed by atoms with Crippen molar-refractivity contribution in [3.63, 3.8) is 0 Å². The van der Waals surface area contributed by atoms with Crippen molar-refractivity contribution in [2.45, 2.75) is 26.1 Å². The Morgan fingerprint density at radius 3 is 2.85 bits per heavy atom. The van der Waals surface area contributed by atoms with Crippen molar-refractivity contribution in [1.29, 1.82) is 0 Å². The summed E-state index contributed by atoms with van der Waals surface area (Å²) in [6.45, 7) is 1.97. The average Bonchev–Trinajstić information content (AvgIpc) is 2.37. The Labute approximate surface area is 113 Å². The molecule has 2 heterocycles. The van der Waals surface area contributed by atoms with Crippen LogP contribution in [-0.4, -0.2) is 22.3 Å². The van der Waals surface area contributed by atoms with Crippen LogP contribution in [0.5, 0.6) is 5.75 Å². The molecule has 1 aliphatic rings. The summed E-state index contributed by atoms with van der Waals surface area (Å²) in [7, 11) is 0. The van der Waals surface area contributed by atoms with E-state index in [2.05, 4.69) is 0 Å². The fraction of sp³-hybridized carbons (Fsp3) is 0.286. The van der Waals surface area contributed by atoms with Crippen molar-refractivity contribution in [3.8, 4) is 5.75 Å². The lowest BCUT2D eigenvalue weighted by Crippen LogP contribution is -2.25. The Bertz CT molecular complexity index is 773. The summed E-state index contributed by atoms with van der Waals surface area (Å²) in [5.74, 6) is -1.05. The van der Waals surface area contributed by atoms with E-state index in [9.17, 15) is 14.7 Å². The number of hydrogen-bond acceptors (Lipinski definition) is 5. The van der Waals surface area contributed by atoms with Crippen LogP contribution in [0.3, 0.4) is 0 Å². The van der Waals surface area contributed by atoms with Gasteiger partial charge in [0, 0.05) is 12.5 Å². The molecule has 20 heavy (non-hydrogen) atoms. The van der Waals surface area contributed by atoms with Gasteiger partial charge in [-0.05, 0) is 13.0 Å². The van der Waals surface area contributed by atoms with Crippen molar-refractivity contribution < 1.29 is 24.2 Å². The van der Waals surface area contributed by atoms with Crippen LogP contribution in [-0.2, 0) is 17.8 Å². The van der Waals surface area contributed by atoms with Gasteiger partial charge in [0.15, 0.2) is 5.43 Å². The molecule has 3 rings (SSSR count). The number of aromatic carboxylic acids is 1. The summed E-state index contributed by atoms with van der Waals surface area (Å²) in [6.07, 6.45) is 0.373. The van der Waals surface area contributed by atoms with Crippen molar-refractivity contribution in [2.75, 3.05) is 0 Å². The number of phenols is 1. The summed E-state index contributed by atoms with van der Waals surface area (Å²) in [6, 6.07) is 2.30. The molecule has 0 aliphatic carbocycles. The third-order valence-electron chi connectivity index (χ3n) is 3.37. The van der Waals surface area contributed by atoms with Crippen LogP contribution in [0.2, 0.25) is 0 Å². The second-order valence-corrected chi connectivity index (χ2v) is 4.83. The minimum absolute atomic E-state index is 0.0350. The van der Waals surface area contributed by atoms with Crippen LogP contribution in [0.4, 0.5) is 0 Å². The quantitative estimate of drug-likeness (QED) is 0.822. The molecular weight excluding hydrogens is 264 g/mol. The van der Waals surface area contributed by atoms with Gasteiger partial charge in [0.2, 0.25) is 0 Å². The molecule has 1 unspecified atom stereocenters. The van der Waals surface area contributed by atoms with Gasteiger partial charge < -0.3 is 19.4 Å². The molecule has 2 aromatic rings. The molecule has 0 amide bonds. The first-order chi connectivity index (χ1) is 9.47. The van der Waals surface area contributed by atoms with E-state index in [4.69, 9.17) is 14.3 Å². The Kier molecular flexibility index (Phi) is 2.76. The monoisotopic (exact) mass is 276 g/mol. The second kappa shape index (κ2) is 4.35. The van der Waals surface area contributed by atoms with Gasteiger partial charge in [0.25, 0.3) is 0 Å². The topological polar surface area (TPSA) is 97.0 Å². The zero-order chi connectivity index (χ0) is 14.4. The summed E-state index contributed by atoms with van der Waals surface area (Å²) in [4.78, 5) is 23.6. The number of phenolic OH excluding ortho intramolecular Hbond substituents is 1. The van der Waals surface area contributed by atoms with E-state index in [0.717, 1.165) is 6.07 Å². The maximum atomic E-state index is 12.4. The predicted molar refractivity (Wildman–Crippen MR) is 69.1 cm³/mol. The molecule has 1 aliphatic heterocycles. The van der Waals surface area contributed by atoms with E-state index in [0.29, 0.717) is 17.7 Å². The minimum Gasteiger partial charge on any atom is -0.508 e. The van der Waals surface area contributed by atoms with Gasteiger partial charge in [-0.2, -0.15) is 0 Å². The largest absolute Gasteiger partial charge is 0.508 e. The van der Waals surface area contributed by atoms with E-state index in [1.54, 1.807) is 0 Å². The smallest absolute Gasteiger partial charge is 0.336 e. The Morgan fingerprint density at radius 1 is 1.40 bits per heavy atom. The molecule has 0 fully saturated rings. The SMILES string of the molecule is CC1Cc2oc3cc(O)cc(C(=O)O)c3c(=O)c2CO1. The lowest BCUT2D eigenvalue weighted by Gasteiger charge is -2.21. The standard InChI is InChI=1S/C14H12O6/c1-6-2-10-9(5-19-6)13(16)12-8(14(17)18)3-7(15)4-11(12)20-10/h3-4,6,15H,2,5H2,1H3,(H,17,18). The summed E-state index contributed by atoms with van der Waals surface area (Å²) in [5, 5.41) is 18.7. The van der Waals surface area contributed by atoms with Gasteiger partial charge in [-0.25, -0.2) is 4.79 Å². The van der Waals surface area contributed by atoms with Crippen LogP contribution in [0.15, 0.2) is 21.3 Å². The van der Waals surface area contributed by atoms with Crippen molar-refractivity contribution >= 4 is 16.9 Å². The summed E-state index contributed by atoms with van der Waals surface area (Å²) < 4.78 is 11.0. The van der Waals surface area contributed by atoms with Crippen LogP contribution in [0.25, 0.3) is 11.0 Å². The number of carboxylic acid groups (broad SMARTS) is 1. The number of ether oxygens (including phenoxy) is 1. The van der Waals surface area contributed by atoms with Crippen LogP contribution in [0, 0.1) is 0 Å². The normalized spacial score (nSPS) is 17.9. The predicted octanol–water partition coefficient (Wildman–Crippen LogP) is 1.66. The fourth-order valence-corrected chi connectivity index (χ4v) is 2.41. The highest BCUT2D eigenvalue weighted by Crippen LogP contribution is 2.27. The molecular formula is C14H12O6. The van der Waals surface area contributed by atoms with E-state index in [1.165, 1.54) is 6.07 Å². The van der Waals surface area contributed by atoms with Crippen molar-refractivity contribution in [3.05, 3.63) is 39.2 Å². The Morgan fingerprint density at radius 2 is 2.15 bits per heavy atom. The molecule has 0 radical (unpaired) electrons. The lowest BCUT2D eigenvalue weighted by atomic mass is 10.0. The summed E-state index contributed by atoms with van der Waals surface area (Å²) >= 11 is 0. The minimum atomic E-state index is -1.29. The molecule has 0 saturated heterocycles. The zero-order valence-electron chi connectivity index (χ0n) is 10.7. The first-order valence-corrected chi connectivity index (χ1v) is 6.14. The van der Waals surface area contributed by atoms with Crippen molar-refractivity contribution in [2.24, 2.45) is 0 Å². The average molecular weight is 276 g/mol. The molecule has 1 aromatic carbocycles. The van der Waals surface area contributed by atoms with Crippen LogP contribution in [0.1, 0.15) is 28.6 Å². The first-order valence-electron chi connectivity index (χ1n) is 6.14. The summed E-state index contributed by atoms with van der Waals surface area (Å²) in [5.41, 5.74) is -0.246. The van der Waals surface area contributed by atoms with Crippen molar-refractivity contribution in [1.82, 2.24) is 0 Å². The van der Waals surface area contributed by atoms with Crippen LogP contribution < -0.4 is 5.43 Å². The molecule has 0 spiro atoms. The number of carboxylic acids is 1. The molecule has 1 aromatic heterocycles. The molecule has 6 nitrogen and oxygen atoms in total. The van der Waals surface area contributed by atoms with Crippen LogP contribution >= 0.6 is 0 Å². The number of carbonyl (C=O) groups is 1. The van der Waals surface area contributed by atoms with E-state index >= 15 is 0 Å². The fourth-order valence-electron chi connectivity index (χ4n) is 2.41. The maximum absolute atomic E-state index is 12.4. The third-order valence-corrected chi connectivity index (χ3v) is 3.37. The highest BCUT2D eigenvalue weighted by molar-refractivity contribution is 6.02. The van der Waals surface area contributed by atoms with Gasteiger partial charge >= 0.3 is 5.97 Å². The first kappa shape index (κ1) is 12.7. The molecule has 2 N–H and O–H groups in total. The van der Waals surface area contributed by atoms with Gasteiger partial charge in [0.1, 0.15) is 17.1 Å². The Hall–Kier alpha value is -2.34.